The van der Waals surface area contributed by atoms with Crippen molar-refractivity contribution in [1.82, 2.24) is 9.46 Å². The van der Waals surface area contributed by atoms with E-state index in [1.54, 1.807) is 55.5 Å². The zero-order chi connectivity index (χ0) is 24.1. The summed E-state index contributed by atoms with van der Waals surface area (Å²) in [6, 6.07) is 13.0. The minimum atomic E-state index is -3.62. The Kier molecular flexibility index (Phi) is 7.18. The largest absolute Gasteiger partial charge is 0.465 e. The van der Waals surface area contributed by atoms with Crippen LogP contribution in [-0.2, 0) is 21.3 Å². The highest BCUT2D eigenvalue weighted by atomic mass is 32.2. The summed E-state index contributed by atoms with van der Waals surface area (Å²) < 4.78 is 43.8. The highest BCUT2D eigenvalue weighted by Crippen LogP contribution is 2.34. The van der Waals surface area contributed by atoms with Crippen molar-refractivity contribution < 1.29 is 27.2 Å². The van der Waals surface area contributed by atoms with Crippen molar-refractivity contribution in [2.75, 3.05) is 25.5 Å². The number of carbonyl (C=O) groups is 1. The standard InChI is InChI=1S/C24H27N3O6S/c1-17-14-19(26-33-17)16-25-22-15-21(34(29,30)27-12-4-3-5-13-27)10-11-23(22)32-20-8-6-18(7-9-20)24(28)31-2/h6-11,14-15,25H,3-5,12-13,16H2,1-2H3. The third kappa shape index (κ3) is 5.40. The van der Waals surface area contributed by atoms with E-state index < -0.39 is 16.0 Å². The highest BCUT2D eigenvalue weighted by Gasteiger charge is 2.27. The summed E-state index contributed by atoms with van der Waals surface area (Å²) in [4.78, 5) is 11.9. The van der Waals surface area contributed by atoms with Crippen molar-refractivity contribution in [3.8, 4) is 11.5 Å². The van der Waals surface area contributed by atoms with Crippen molar-refractivity contribution in [2.45, 2.75) is 37.6 Å². The van der Waals surface area contributed by atoms with Gasteiger partial charge < -0.3 is 19.3 Å². The van der Waals surface area contributed by atoms with Crippen LogP contribution in [0.15, 0.2) is 57.9 Å². The Morgan fingerprint density at radius 2 is 1.82 bits per heavy atom. The number of anilines is 1. The molecule has 1 aromatic heterocycles. The molecule has 0 aliphatic carbocycles. The van der Waals surface area contributed by atoms with E-state index in [4.69, 9.17) is 14.0 Å². The molecule has 1 fully saturated rings. The summed E-state index contributed by atoms with van der Waals surface area (Å²) in [5.41, 5.74) is 1.57. The first-order valence-corrected chi connectivity index (χ1v) is 12.5. The van der Waals surface area contributed by atoms with Crippen LogP contribution in [0.4, 0.5) is 5.69 Å². The van der Waals surface area contributed by atoms with Crippen LogP contribution in [0.2, 0.25) is 0 Å². The average molecular weight is 486 g/mol. The predicted molar refractivity (Wildman–Crippen MR) is 125 cm³/mol. The summed E-state index contributed by atoms with van der Waals surface area (Å²) >= 11 is 0. The molecule has 0 radical (unpaired) electrons. The van der Waals surface area contributed by atoms with Gasteiger partial charge >= 0.3 is 5.97 Å². The summed E-state index contributed by atoms with van der Waals surface area (Å²) in [7, 11) is -2.30. The zero-order valence-electron chi connectivity index (χ0n) is 19.1. The maximum atomic E-state index is 13.2. The number of benzene rings is 2. The molecule has 1 aliphatic heterocycles. The molecule has 0 amide bonds. The molecule has 0 saturated carbocycles. The highest BCUT2D eigenvalue weighted by molar-refractivity contribution is 7.89. The molecule has 3 aromatic rings. The molecule has 0 spiro atoms. The van der Waals surface area contributed by atoms with Gasteiger partial charge in [-0.3, -0.25) is 0 Å². The second kappa shape index (κ2) is 10.3. The van der Waals surface area contributed by atoms with Crippen LogP contribution in [0.5, 0.6) is 11.5 Å². The molecule has 10 heteroatoms. The van der Waals surface area contributed by atoms with Crippen LogP contribution in [0.3, 0.4) is 0 Å². The average Bonchev–Trinajstić information content (AvgIpc) is 3.28. The van der Waals surface area contributed by atoms with E-state index in [9.17, 15) is 13.2 Å². The van der Waals surface area contributed by atoms with E-state index >= 15 is 0 Å². The molecule has 0 bridgehead atoms. The second-order valence-corrected chi connectivity index (χ2v) is 9.96. The third-order valence-electron chi connectivity index (χ3n) is 5.54. The van der Waals surface area contributed by atoms with Crippen molar-refractivity contribution in [3.63, 3.8) is 0 Å². The Morgan fingerprint density at radius 1 is 1.09 bits per heavy atom. The van der Waals surface area contributed by atoms with E-state index in [-0.39, 0.29) is 4.90 Å². The Balaban J connectivity index is 1.62. The molecular weight excluding hydrogens is 458 g/mol. The number of sulfonamides is 1. The molecule has 180 valence electrons. The number of esters is 1. The maximum Gasteiger partial charge on any atom is 0.337 e. The van der Waals surface area contributed by atoms with Crippen molar-refractivity contribution in [3.05, 3.63) is 65.5 Å². The number of hydrogen-bond acceptors (Lipinski definition) is 8. The molecule has 1 saturated heterocycles. The van der Waals surface area contributed by atoms with E-state index in [1.165, 1.54) is 11.4 Å². The topological polar surface area (TPSA) is 111 Å². The minimum absolute atomic E-state index is 0.196. The van der Waals surface area contributed by atoms with Gasteiger partial charge in [-0.2, -0.15) is 4.31 Å². The normalized spacial score (nSPS) is 14.5. The number of aromatic nitrogens is 1. The zero-order valence-corrected chi connectivity index (χ0v) is 19.9. The lowest BCUT2D eigenvalue weighted by atomic mass is 10.2. The Morgan fingerprint density at radius 3 is 2.47 bits per heavy atom. The lowest BCUT2D eigenvalue weighted by molar-refractivity contribution is 0.0600. The fraction of sp³-hybridized carbons (Fsp3) is 0.333. The van der Waals surface area contributed by atoms with Gasteiger partial charge in [-0.1, -0.05) is 11.6 Å². The first-order valence-electron chi connectivity index (χ1n) is 11.0. The molecule has 0 atom stereocenters. The Bertz CT molecular complexity index is 1250. The number of hydrogen-bond donors (Lipinski definition) is 1. The fourth-order valence-corrected chi connectivity index (χ4v) is 5.29. The van der Waals surface area contributed by atoms with Gasteiger partial charge in [-0.25, -0.2) is 13.2 Å². The number of piperidine rings is 1. The number of methoxy groups -OCH3 is 1. The Hall–Kier alpha value is -3.37. The third-order valence-corrected chi connectivity index (χ3v) is 7.44. The molecule has 9 nitrogen and oxygen atoms in total. The van der Waals surface area contributed by atoms with Crippen LogP contribution in [0.1, 0.15) is 41.1 Å². The van der Waals surface area contributed by atoms with Gasteiger partial charge in [0.1, 0.15) is 17.2 Å². The molecule has 2 aromatic carbocycles. The Labute approximate surface area is 198 Å². The minimum Gasteiger partial charge on any atom is -0.465 e. The molecule has 4 rings (SSSR count). The van der Waals surface area contributed by atoms with E-state index in [0.29, 0.717) is 53.8 Å². The maximum absolute atomic E-state index is 13.2. The molecule has 34 heavy (non-hydrogen) atoms. The van der Waals surface area contributed by atoms with Crippen LogP contribution in [0, 0.1) is 6.92 Å². The SMILES string of the molecule is COC(=O)c1ccc(Oc2ccc(S(=O)(=O)N3CCCCC3)cc2NCc2cc(C)on2)cc1. The number of rotatable bonds is 8. The van der Waals surface area contributed by atoms with Gasteiger partial charge in [0.25, 0.3) is 0 Å². The van der Waals surface area contributed by atoms with Gasteiger partial charge in [0.2, 0.25) is 10.0 Å². The van der Waals surface area contributed by atoms with Gasteiger partial charge in [0, 0.05) is 19.2 Å². The quantitative estimate of drug-likeness (QED) is 0.469. The molecule has 0 unspecified atom stereocenters. The fourth-order valence-electron chi connectivity index (χ4n) is 3.74. The summed E-state index contributed by atoms with van der Waals surface area (Å²) in [6.45, 7) is 3.17. The number of aryl methyl sites for hydroxylation is 1. The van der Waals surface area contributed by atoms with Gasteiger partial charge in [0.15, 0.2) is 5.75 Å². The number of nitrogens with zero attached hydrogens (tertiary/aromatic N) is 2. The smallest absolute Gasteiger partial charge is 0.337 e. The summed E-state index contributed by atoms with van der Waals surface area (Å²) in [5, 5.41) is 7.19. The van der Waals surface area contributed by atoms with Gasteiger partial charge in [-0.15, -0.1) is 0 Å². The lowest BCUT2D eigenvalue weighted by Crippen LogP contribution is -2.35. The lowest BCUT2D eigenvalue weighted by Gasteiger charge is -2.26. The molecule has 1 N–H and O–H groups in total. The van der Waals surface area contributed by atoms with Crippen LogP contribution in [-0.4, -0.2) is 44.0 Å². The van der Waals surface area contributed by atoms with E-state index in [0.717, 1.165) is 19.3 Å². The van der Waals surface area contributed by atoms with Crippen molar-refractivity contribution in [1.29, 1.82) is 0 Å². The molecular formula is C24H27N3O6S. The summed E-state index contributed by atoms with van der Waals surface area (Å²) in [5.74, 6) is 1.16. The first kappa shape index (κ1) is 23.8. The van der Waals surface area contributed by atoms with E-state index in [1.807, 2.05) is 0 Å². The second-order valence-electron chi connectivity index (χ2n) is 8.02. The first-order chi connectivity index (χ1) is 16.4. The van der Waals surface area contributed by atoms with Gasteiger partial charge in [0.05, 0.1) is 29.8 Å². The van der Waals surface area contributed by atoms with Crippen LogP contribution in [0.25, 0.3) is 0 Å². The van der Waals surface area contributed by atoms with Crippen LogP contribution >= 0.6 is 0 Å². The number of nitrogens with one attached hydrogen (secondary N) is 1. The summed E-state index contributed by atoms with van der Waals surface area (Å²) in [6.07, 6.45) is 2.76. The van der Waals surface area contributed by atoms with Crippen molar-refractivity contribution in [2.24, 2.45) is 0 Å². The molecule has 2 heterocycles. The predicted octanol–water partition coefficient (Wildman–Crippen LogP) is 4.35. The number of carbonyl (C=O) groups excluding carboxylic acids is 1. The van der Waals surface area contributed by atoms with Gasteiger partial charge in [-0.05, 0) is 62.2 Å². The van der Waals surface area contributed by atoms with E-state index in [2.05, 4.69) is 10.5 Å². The van der Waals surface area contributed by atoms with Crippen LogP contribution < -0.4 is 10.1 Å². The molecule has 1 aliphatic rings. The monoisotopic (exact) mass is 485 g/mol. The van der Waals surface area contributed by atoms with Crippen molar-refractivity contribution >= 4 is 21.7 Å². The number of ether oxygens (including phenoxy) is 2.